The van der Waals surface area contributed by atoms with Gasteiger partial charge in [-0.1, -0.05) is 36.4 Å². The summed E-state index contributed by atoms with van der Waals surface area (Å²) in [5.41, 5.74) is 1.04. The molecule has 0 radical (unpaired) electrons. The van der Waals surface area contributed by atoms with E-state index in [0.717, 1.165) is 17.9 Å². The van der Waals surface area contributed by atoms with Gasteiger partial charge in [0.1, 0.15) is 5.75 Å². The molecule has 8 heteroatoms. The summed E-state index contributed by atoms with van der Waals surface area (Å²) in [6.45, 7) is 1.59. The van der Waals surface area contributed by atoms with Crippen molar-refractivity contribution in [3.05, 3.63) is 60.2 Å². The third kappa shape index (κ3) is 7.50. The molecule has 1 fully saturated rings. The standard InChI is InChI=1S/C21H27N3O3S.HI/c1-22-21(23-13-14-28(25,26)19-8-3-2-4-9-19)24-15-18-7-5-6-10-20(18)27-16-17-11-12-17;/h2-10,17H,11-16H2,1H3,(H2,22,23,24);1H. The number of sulfone groups is 1. The van der Waals surface area contributed by atoms with Crippen molar-refractivity contribution in [1.29, 1.82) is 0 Å². The molecule has 29 heavy (non-hydrogen) atoms. The van der Waals surface area contributed by atoms with Gasteiger partial charge in [-0.2, -0.15) is 0 Å². The van der Waals surface area contributed by atoms with Gasteiger partial charge in [-0.15, -0.1) is 24.0 Å². The molecule has 158 valence electrons. The molecule has 2 N–H and O–H groups in total. The Kier molecular flexibility index (Phi) is 9.22. The van der Waals surface area contributed by atoms with Crippen LogP contribution < -0.4 is 15.4 Å². The van der Waals surface area contributed by atoms with Gasteiger partial charge in [0.15, 0.2) is 15.8 Å². The van der Waals surface area contributed by atoms with Crippen LogP contribution in [0.2, 0.25) is 0 Å². The van der Waals surface area contributed by atoms with Gasteiger partial charge in [0.25, 0.3) is 0 Å². The Balaban J connectivity index is 0.00000300. The van der Waals surface area contributed by atoms with Gasteiger partial charge in [0.05, 0.1) is 17.3 Å². The highest BCUT2D eigenvalue weighted by Crippen LogP contribution is 2.30. The maximum atomic E-state index is 12.3. The van der Waals surface area contributed by atoms with E-state index in [9.17, 15) is 8.42 Å². The Bertz CT molecular complexity index is 900. The Morgan fingerprint density at radius 1 is 1.07 bits per heavy atom. The summed E-state index contributed by atoms with van der Waals surface area (Å²) in [5.74, 6) is 2.13. The molecule has 0 amide bonds. The highest BCUT2D eigenvalue weighted by molar-refractivity contribution is 14.0. The molecule has 0 atom stereocenters. The predicted molar refractivity (Wildman–Crippen MR) is 127 cm³/mol. The molecule has 2 aromatic carbocycles. The Morgan fingerprint density at radius 3 is 2.45 bits per heavy atom. The van der Waals surface area contributed by atoms with Crippen molar-refractivity contribution in [2.75, 3.05) is 26.0 Å². The molecule has 2 aromatic rings. The van der Waals surface area contributed by atoms with Gasteiger partial charge >= 0.3 is 0 Å². The molecule has 1 aliphatic rings. The highest BCUT2D eigenvalue weighted by Gasteiger charge is 2.22. The number of hydrogen-bond donors (Lipinski definition) is 2. The number of guanidine groups is 1. The van der Waals surface area contributed by atoms with Gasteiger partial charge in [0.2, 0.25) is 0 Å². The van der Waals surface area contributed by atoms with E-state index in [4.69, 9.17) is 4.74 Å². The molecule has 1 saturated carbocycles. The van der Waals surface area contributed by atoms with Gasteiger partial charge in [-0.05, 0) is 37.0 Å². The minimum absolute atomic E-state index is 0. The zero-order valence-electron chi connectivity index (χ0n) is 16.5. The summed E-state index contributed by atoms with van der Waals surface area (Å²) >= 11 is 0. The fourth-order valence-electron chi connectivity index (χ4n) is 2.73. The molecule has 0 bridgehead atoms. The van der Waals surface area contributed by atoms with E-state index in [1.165, 1.54) is 12.8 Å². The Morgan fingerprint density at radius 2 is 1.76 bits per heavy atom. The fraction of sp³-hybridized carbons (Fsp3) is 0.381. The van der Waals surface area contributed by atoms with Crippen molar-refractivity contribution in [1.82, 2.24) is 10.6 Å². The molecular formula is C21H28IN3O3S. The van der Waals surface area contributed by atoms with Crippen LogP contribution in [0, 0.1) is 5.92 Å². The quantitative estimate of drug-likeness (QED) is 0.296. The third-order valence-electron chi connectivity index (χ3n) is 4.58. The molecular weight excluding hydrogens is 501 g/mol. The number of aliphatic imine (C=N–C) groups is 1. The van der Waals surface area contributed by atoms with Crippen LogP contribution >= 0.6 is 24.0 Å². The zero-order chi connectivity index (χ0) is 19.8. The van der Waals surface area contributed by atoms with Crippen LogP contribution in [0.3, 0.4) is 0 Å². The van der Waals surface area contributed by atoms with Crippen molar-refractivity contribution < 1.29 is 13.2 Å². The number of para-hydroxylation sites is 1. The van der Waals surface area contributed by atoms with Crippen LogP contribution in [0.1, 0.15) is 18.4 Å². The maximum Gasteiger partial charge on any atom is 0.191 e. The molecule has 0 aliphatic heterocycles. The zero-order valence-corrected chi connectivity index (χ0v) is 19.7. The smallest absolute Gasteiger partial charge is 0.191 e. The minimum Gasteiger partial charge on any atom is -0.493 e. The van der Waals surface area contributed by atoms with Crippen LogP contribution in [-0.4, -0.2) is 40.3 Å². The van der Waals surface area contributed by atoms with Crippen molar-refractivity contribution in [2.24, 2.45) is 10.9 Å². The summed E-state index contributed by atoms with van der Waals surface area (Å²) in [5, 5.41) is 6.28. The fourth-order valence-corrected chi connectivity index (χ4v) is 3.91. The first-order chi connectivity index (χ1) is 13.6. The van der Waals surface area contributed by atoms with Crippen LogP contribution in [0.15, 0.2) is 64.5 Å². The van der Waals surface area contributed by atoms with E-state index in [2.05, 4.69) is 15.6 Å². The number of rotatable bonds is 9. The lowest BCUT2D eigenvalue weighted by Crippen LogP contribution is -2.39. The summed E-state index contributed by atoms with van der Waals surface area (Å²) in [4.78, 5) is 4.50. The van der Waals surface area contributed by atoms with Crippen LogP contribution in [-0.2, 0) is 16.4 Å². The molecule has 0 saturated heterocycles. The number of halogens is 1. The minimum atomic E-state index is -3.31. The van der Waals surface area contributed by atoms with Crippen molar-refractivity contribution in [2.45, 2.75) is 24.3 Å². The first-order valence-electron chi connectivity index (χ1n) is 9.51. The van der Waals surface area contributed by atoms with Crippen molar-refractivity contribution >= 4 is 39.8 Å². The van der Waals surface area contributed by atoms with E-state index in [1.54, 1.807) is 37.4 Å². The second-order valence-corrected chi connectivity index (χ2v) is 8.96. The lowest BCUT2D eigenvalue weighted by Gasteiger charge is -2.15. The average molecular weight is 529 g/mol. The number of nitrogens with one attached hydrogen (secondary N) is 2. The maximum absolute atomic E-state index is 12.3. The van der Waals surface area contributed by atoms with Gasteiger partial charge in [-0.25, -0.2) is 8.42 Å². The number of nitrogens with zero attached hydrogens (tertiary/aromatic N) is 1. The SMILES string of the molecule is CN=C(NCCS(=O)(=O)c1ccccc1)NCc1ccccc1OCC1CC1.I. The van der Waals surface area contributed by atoms with Crippen LogP contribution in [0.25, 0.3) is 0 Å². The average Bonchev–Trinajstić information content (AvgIpc) is 3.55. The van der Waals surface area contributed by atoms with E-state index in [-0.39, 0.29) is 36.3 Å². The van der Waals surface area contributed by atoms with Gasteiger partial charge in [0, 0.05) is 25.7 Å². The lowest BCUT2D eigenvalue weighted by molar-refractivity contribution is 0.296. The second-order valence-electron chi connectivity index (χ2n) is 6.85. The molecule has 3 rings (SSSR count). The van der Waals surface area contributed by atoms with Gasteiger partial charge < -0.3 is 15.4 Å². The summed E-state index contributed by atoms with van der Waals surface area (Å²) in [6, 6.07) is 16.4. The molecule has 1 aliphatic carbocycles. The third-order valence-corrected chi connectivity index (χ3v) is 6.31. The van der Waals surface area contributed by atoms with Crippen molar-refractivity contribution in [3.8, 4) is 5.75 Å². The topological polar surface area (TPSA) is 79.8 Å². The Labute approximate surface area is 190 Å². The first kappa shape index (κ1) is 23.5. The molecule has 0 aromatic heterocycles. The predicted octanol–water partition coefficient (Wildman–Crippen LogP) is 3.23. The molecule has 0 heterocycles. The van der Waals surface area contributed by atoms with E-state index in [1.807, 2.05) is 24.3 Å². The number of hydrogen-bond acceptors (Lipinski definition) is 4. The summed E-state index contributed by atoms with van der Waals surface area (Å²) < 4.78 is 30.6. The van der Waals surface area contributed by atoms with E-state index >= 15 is 0 Å². The van der Waals surface area contributed by atoms with E-state index < -0.39 is 9.84 Å². The lowest BCUT2D eigenvalue weighted by atomic mass is 10.2. The largest absolute Gasteiger partial charge is 0.493 e. The number of ether oxygens (including phenoxy) is 1. The molecule has 0 spiro atoms. The Hall–Kier alpha value is -1.81. The van der Waals surface area contributed by atoms with Crippen LogP contribution in [0.4, 0.5) is 0 Å². The summed E-state index contributed by atoms with van der Waals surface area (Å²) in [6.07, 6.45) is 2.51. The normalized spacial score (nSPS) is 14.0. The first-order valence-corrected chi connectivity index (χ1v) is 11.2. The molecule has 6 nitrogen and oxygen atoms in total. The van der Waals surface area contributed by atoms with Crippen molar-refractivity contribution in [3.63, 3.8) is 0 Å². The van der Waals surface area contributed by atoms with E-state index in [0.29, 0.717) is 23.3 Å². The highest BCUT2D eigenvalue weighted by atomic mass is 127. The van der Waals surface area contributed by atoms with Gasteiger partial charge in [-0.3, -0.25) is 4.99 Å². The monoisotopic (exact) mass is 529 g/mol. The van der Waals surface area contributed by atoms with Crippen LogP contribution in [0.5, 0.6) is 5.75 Å². The molecule has 0 unspecified atom stereocenters. The second kappa shape index (κ2) is 11.4. The summed E-state index contributed by atoms with van der Waals surface area (Å²) in [7, 11) is -1.65. The number of benzene rings is 2.